The van der Waals surface area contributed by atoms with Gasteiger partial charge in [0.15, 0.2) is 4.47 Å². The zero-order valence-corrected chi connectivity index (χ0v) is 7.63. The van der Waals surface area contributed by atoms with Crippen molar-refractivity contribution < 1.29 is 0 Å². The van der Waals surface area contributed by atoms with Crippen molar-refractivity contribution in [3.05, 3.63) is 15.0 Å². The van der Waals surface area contributed by atoms with Crippen molar-refractivity contribution in [3.63, 3.8) is 0 Å². The molecule has 0 unspecified atom stereocenters. The first kappa shape index (κ1) is 7.53. The average molecular weight is 189 g/mol. The number of thiazole rings is 1. The highest BCUT2D eigenvalue weighted by Gasteiger charge is 2.11. The van der Waals surface area contributed by atoms with E-state index in [0.29, 0.717) is 4.47 Å². The highest BCUT2D eigenvalue weighted by molar-refractivity contribution is 7.15. The third kappa shape index (κ3) is 1.55. The fraction of sp³-hybridized carbons (Fsp3) is 0.571. The molecule has 1 aliphatic heterocycles. The molecule has 2 heterocycles. The van der Waals surface area contributed by atoms with Crippen LogP contribution in [0.1, 0.15) is 10.6 Å². The summed E-state index contributed by atoms with van der Waals surface area (Å²) in [5.41, 5.74) is 1.20. The number of nitrogens with one attached hydrogen (secondary N) is 1. The molecule has 0 radical (unpaired) electrons. The van der Waals surface area contributed by atoms with Gasteiger partial charge in [-0.05, 0) is 6.42 Å². The van der Waals surface area contributed by atoms with E-state index in [1.807, 2.05) is 0 Å². The van der Waals surface area contributed by atoms with Crippen molar-refractivity contribution in [2.24, 2.45) is 0 Å². The minimum Gasteiger partial charge on any atom is -0.316 e. The summed E-state index contributed by atoms with van der Waals surface area (Å²) in [6, 6.07) is 0. The molecule has 1 aliphatic rings. The largest absolute Gasteiger partial charge is 0.316 e. The van der Waals surface area contributed by atoms with Crippen LogP contribution < -0.4 is 5.32 Å². The van der Waals surface area contributed by atoms with E-state index in [1.54, 1.807) is 11.3 Å². The van der Waals surface area contributed by atoms with Gasteiger partial charge in [0.05, 0.1) is 5.69 Å². The van der Waals surface area contributed by atoms with Gasteiger partial charge in [-0.25, -0.2) is 4.98 Å². The number of aromatic nitrogens is 1. The van der Waals surface area contributed by atoms with E-state index in [4.69, 9.17) is 11.6 Å². The summed E-state index contributed by atoms with van der Waals surface area (Å²) < 4.78 is 0.692. The van der Waals surface area contributed by atoms with Crippen LogP contribution in [0.4, 0.5) is 0 Å². The normalized spacial score (nSPS) is 17.5. The highest BCUT2D eigenvalue weighted by Crippen LogP contribution is 2.24. The molecular formula is C7H9ClN2S. The van der Waals surface area contributed by atoms with Crippen LogP contribution in [-0.4, -0.2) is 18.1 Å². The summed E-state index contributed by atoms with van der Waals surface area (Å²) in [7, 11) is 0. The molecule has 0 saturated carbocycles. The molecule has 0 bridgehead atoms. The van der Waals surface area contributed by atoms with Gasteiger partial charge >= 0.3 is 0 Å². The molecule has 1 N–H and O–H groups in total. The van der Waals surface area contributed by atoms with E-state index in [1.165, 1.54) is 10.6 Å². The zero-order valence-electron chi connectivity index (χ0n) is 6.06. The monoisotopic (exact) mass is 188 g/mol. The van der Waals surface area contributed by atoms with Crippen LogP contribution in [0.15, 0.2) is 0 Å². The predicted octanol–water partition coefficient (Wildman–Crippen LogP) is 1.48. The van der Waals surface area contributed by atoms with Crippen LogP contribution in [0, 0.1) is 0 Å². The van der Waals surface area contributed by atoms with Gasteiger partial charge in [-0.1, -0.05) is 11.6 Å². The third-order valence-electron chi connectivity index (χ3n) is 1.82. The molecule has 1 aromatic rings. The van der Waals surface area contributed by atoms with E-state index in [9.17, 15) is 0 Å². The summed E-state index contributed by atoms with van der Waals surface area (Å²) >= 11 is 7.41. The van der Waals surface area contributed by atoms with Crippen molar-refractivity contribution in [3.8, 4) is 0 Å². The fourth-order valence-electron chi connectivity index (χ4n) is 1.28. The summed E-state index contributed by atoms with van der Waals surface area (Å²) in [6.45, 7) is 2.10. The molecule has 2 nitrogen and oxygen atoms in total. The lowest BCUT2D eigenvalue weighted by molar-refractivity contribution is 0.708. The lowest BCUT2D eigenvalue weighted by atomic mass is 10.2. The van der Waals surface area contributed by atoms with E-state index in [0.717, 1.165) is 25.9 Å². The molecule has 4 heteroatoms. The molecule has 1 aromatic heterocycles. The predicted molar refractivity (Wildman–Crippen MR) is 47.4 cm³/mol. The van der Waals surface area contributed by atoms with E-state index < -0.39 is 0 Å². The van der Waals surface area contributed by atoms with E-state index in [-0.39, 0.29) is 0 Å². The van der Waals surface area contributed by atoms with Gasteiger partial charge in [0.1, 0.15) is 0 Å². The quantitative estimate of drug-likeness (QED) is 0.668. The van der Waals surface area contributed by atoms with Crippen LogP contribution in [0.25, 0.3) is 0 Å². The number of hydrogen-bond acceptors (Lipinski definition) is 3. The summed E-state index contributed by atoms with van der Waals surface area (Å²) in [5, 5.41) is 3.32. The molecule has 0 aliphatic carbocycles. The number of hydrogen-bond donors (Lipinski definition) is 1. The summed E-state index contributed by atoms with van der Waals surface area (Å²) in [4.78, 5) is 5.62. The van der Waals surface area contributed by atoms with Gasteiger partial charge in [0, 0.05) is 24.4 Å². The van der Waals surface area contributed by atoms with Gasteiger partial charge in [-0.3, -0.25) is 0 Å². The maximum absolute atomic E-state index is 5.79. The van der Waals surface area contributed by atoms with Crippen molar-refractivity contribution in [1.82, 2.24) is 10.3 Å². The zero-order chi connectivity index (χ0) is 7.68. The van der Waals surface area contributed by atoms with Crippen molar-refractivity contribution >= 4 is 22.9 Å². The average Bonchev–Trinajstić information content (AvgIpc) is 2.17. The second-order valence-corrected chi connectivity index (χ2v) is 4.25. The first-order valence-electron chi connectivity index (χ1n) is 3.71. The molecule has 60 valence electrons. The highest BCUT2D eigenvalue weighted by atomic mass is 35.5. The molecule has 0 saturated heterocycles. The summed E-state index contributed by atoms with van der Waals surface area (Å²) in [6.07, 6.45) is 2.11. The molecule has 0 amide bonds. The van der Waals surface area contributed by atoms with Gasteiger partial charge in [0.25, 0.3) is 0 Å². The lowest BCUT2D eigenvalue weighted by Crippen LogP contribution is -2.16. The Kier molecular flexibility index (Phi) is 2.11. The molecule has 0 spiro atoms. The van der Waals surface area contributed by atoms with Crippen molar-refractivity contribution in [2.75, 3.05) is 13.1 Å². The molecule has 2 rings (SSSR count). The minimum absolute atomic E-state index is 0.692. The molecule has 0 aromatic carbocycles. The van der Waals surface area contributed by atoms with Crippen LogP contribution in [0.3, 0.4) is 0 Å². The topological polar surface area (TPSA) is 24.9 Å². The Morgan fingerprint density at radius 1 is 1.36 bits per heavy atom. The number of rotatable bonds is 0. The Bertz CT molecular complexity index is 235. The molecule has 0 fully saturated rings. The van der Waals surface area contributed by atoms with Crippen LogP contribution in [0.5, 0.6) is 0 Å². The van der Waals surface area contributed by atoms with Crippen molar-refractivity contribution in [2.45, 2.75) is 12.8 Å². The lowest BCUT2D eigenvalue weighted by Gasteiger charge is -1.93. The standard InChI is InChI=1S/C7H9ClN2S/c8-7-10-5-1-3-9-4-2-6(5)11-7/h9H,1-4H2. The van der Waals surface area contributed by atoms with E-state index >= 15 is 0 Å². The minimum atomic E-state index is 0.692. The smallest absolute Gasteiger partial charge is 0.184 e. The van der Waals surface area contributed by atoms with Crippen LogP contribution >= 0.6 is 22.9 Å². The second kappa shape index (κ2) is 3.09. The summed E-state index contributed by atoms with van der Waals surface area (Å²) in [5.74, 6) is 0. The molecule has 0 atom stereocenters. The fourth-order valence-corrected chi connectivity index (χ4v) is 2.49. The Balaban J connectivity index is 2.32. The van der Waals surface area contributed by atoms with Gasteiger partial charge < -0.3 is 5.32 Å². The SMILES string of the molecule is Clc1nc2c(s1)CCNCC2. The maximum atomic E-state index is 5.79. The Labute approximate surface area is 74.6 Å². The van der Waals surface area contributed by atoms with Crippen LogP contribution in [-0.2, 0) is 12.8 Å². The van der Waals surface area contributed by atoms with Crippen molar-refractivity contribution in [1.29, 1.82) is 0 Å². The number of nitrogens with zero attached hydrogens (tertiary/aromatic N) is 1. The van der Waals surface area contributed by atoms with Crippen LogP contribution in [0.2, 0.25) is 4.47 Å². The van der Waals surface area contributed by atoms with Gasteiger partial charge in [0.2, 0.25) is 0 Å². The Hall–Kier alpha value is -0.120. The molecule has 11 heavy (non-hydrogen) atoms. The Morgan fingerprint density at radius 3 is 3.09 bits per heavy atom. The maximum Gasteiger partial charge on any atom is 0.184 e. The first-order chi connectivity index (χ1) is 5.36. The number of fused-ring (bicyclic) bond motifs is 1. The van der Waals surface area contributed by atoms with Gasteiger partial charge in [-0.2, -0.15) is 0 Å². The second-order valence-electron chi connectivity index (χ2n) is 2.59. The molecular weight excluding hydrogens is 180 g/mol. The van der Waals surface area contributed by atoms with Gasteiger partial charge in [-0.15, -0.1) is 11.3 Å². The van der Waals surface area contributed by atoms with E-state index in [2.05, 4.69) is 10.3 Å². The third-order valence-corrected chi connectivity index (χ3v) is 3.08. The number of halogens is 1. The first-order valence-corrected chi connectivity index (χ1v) is 4.90. The Morgan fingerprint density at radius 2 is 2.18 bits per heavy atom.